The van der Waals surface area contributed by atoms with Crippen LogP contribution in [-0.4, -0.2) is 54.3 Å². The monoisotopic (exact) mass is 454 g/mol. The molecule has 0 spiro atoms. The predicted octanol–water partition coefficient (Wildman–Crippen LogP) is 2.50. The van der Waals surface area contributed by atoms with Crippen LogP contribution in [0.3, 0.4) is 0 Å². The molecular weight excluding hydrogens is 427 g/mol. The second-order valence-corrected chi connectivity index (χ2v) is 9.53. The summed E-state index contributed by atoms with van der Waals surface area (Å²) >= 11 is 5.51. The zero-order valence-corrected chi connectivity index (χ0v) is 18.8. The molecule has 10 heteroatoms. The summed E-state index contributed by atoms with van der Waals surface area (Å²) in [7, 11) is -2.16. The molecule has 7 nitrogen and oxygen atoms in total. The van der Waals surface area contributed by atoms with Gasteiger partial charge in [0.1, 0.15) is 5.82 Å². The van der Waals surface area contributed by atoms with Crippen LogP contribution >= 0.6 is 12.2 Å². The van der Waals surface area contributed by atoms with Gasteiger partial charge in [-0.05, 0) is 49.7 Å². The van der Waals surface area contributed by atoms with Crippen molar-refractivity contribution >= 4 is 27.2 Å². The van der Waals surface area contributed by atoms with Gasteiger partial charge in [0.2, 0.25) is 15.0 Å². The van der Waals surface area contributed by atoms with Gasteiger partial charge in [-0.3, -0.25) is 0 Å². The van der Waals surface area contributed by atoms with Crippen molar-refractivity contribution in [1.82, 2.24) is 19.8 Å². The number of halogens is 1. The molecule has 1 aliphatic carbocycles. The molecule has 1 N–H and O–H groups in total. The fourth-order valence-corrected chi connectivity index (χ4v) is 5.11. The van der Waals surface area contributed by atoms with Crippen LogP contribution in [-0.2, 0) is 33.4 Å². The Labute approximate surface area is 182 Å². The first-order valence-corrected chi connectivity index (χ1v) is 12.0. The van der Waals surface area contributed by atoms with Crippen LogP contribution in [0.2, 0.25) is 0 Å². The highest BCUT2D eigenvalue weighted by molar-refractivity contribution is 7.90. The summed E-state index contributed by atoms with van der Waals surface area (Å²) in [6.45, 7) is 3.89. The van der Waals surface area contributed by atoms with Gasteiger partial charge < -0.3 is 19.5 Å². The minimum absolute atomic E-state index is 0.0102. The molecule has 164 valence electrons. The van der Waals surface area contributed by atoms with Crippen LogP contribution < -0.4 is 5.32 Å². The first-order chi connectivity index (χ1) is 14.4. The summed E-state index contributed by atoms with van der Waals surface area (Å²) in [6.07, 6.45) is 3.72. The second kappa shape index (κ2) is 9.84. The number of ether oxygens (including phenoxy) is 1. The maximum Gasteiger partial charge on any atom is 0.228 e. The van der Waals surface area contributed by atoms with Crippen molar-refractivity contribution in [3.05, 3.63) is 47.5 Å². The number of hydrogen-bond donors (Lipinski definition) is 1. The zero-order chi connectivity index (χ0) is 21.7. The van der Waals surface area contributed by atoms with Gasteiger partial charge in [0.05, 0.1) is 30.8 Å². The lowest BCUT2D eigenvalue weighted by molar-refractivity contribution is 0.182. The number of rotatable bonds is 10. The number of sulfone groups is 1. The fraction of sp³-hybridized carbons (Fsp3) is 0.500. The number of nitrogens with one attached hydrogen (secondary N) is 1. The van der Waals surface area contributed by atoms with Gasteiger partial charge in [-0.25, -0.2) is 17.8 Å². The summed E-state index contributed by atoms with van der Waals surface area (Å²) in [4.78, 5) is 6.34. The van der Waals surface area contributed by atoms with E-state index in [4.69, 9.17) is 17.0 Å². The van der Waals surface area contributed by atoms with E-state index in [9.17, 15) is 12.8 Å². The molecule has 1 heterocycles. The van der Waals surface area contributed by atoms with E-state index in [0.29, 0.717) is 36.4 Å². The van der Waals surface area contributed by atoms with Gasteiger partial charge in [-0.2, -0.15) is 0 Å². The first kappa shape index (κ1) is 22.6. The van der Waals surface area contributed by atoms with Gasteiger partial charge in [0.15, 0.2) is 5.11 Å². The van der Waals surface area contributed by atoms with Crippen LogP contribution in [0, 0.1) is 5.82 Å². The number of methoxy groups -OCH3 is 1. The molecule has 0 radical (unpaired) electrons. The summed E-state index contributed by atoms with van der Waals surface area (Å²) < 4.78 is 46.2. The van der Waals surface area contributed by atoms with E-state index in [1.165, 1.54) is 24.3 Å². The highest BCUT2D eigenvalue weighted by atomic mass is 32.2. The van der Waals surface area contributed by atoms with Crippen molar-refractivity contribution in [3.63, 3.8) is 0 Å². The molecule has 0 saturated heterocycles. The van der Waals surface area contributed by atoms with Crippen molar-refractivity contribution in [2.24, 2.45) is 0 Å². The molecule has 0 bridgehead atoms. The third-order valence-corrected chi connectivity index (χ3v) is 6.85. The van der Waals surface area contributed by atoms with Gasteiger partial charge in [-0.15, -0.1) is 0 Å². The van der Waals surface area contributed by atoms with Crippen molar-refractivity contribution in [2.75, 3.05) is 20.3 Å². The summed E-state index contributed by atoms with van der Waals surface area (Å²) in [6, 6.07) is 5.81. The fourth-order valence-electron chi connectivity index (χ4n) is 3.23. The van der Waals surface area contributed by atoms with E-state index in [2.05, 4.69) is 15.2 Å². The standard InChI is InChI=1S/C20H27FN4O3S2/c1-3-22-19(29)25(17-8-9-17)13-18-12-23-20(24(18)10-11-28-2)30(26,27)14-15-4-6-16(21)7-5-15/h4-7,12,17H,3,8-11,13-14H2,1-2H3,(H,22,29). The first-order valence-electron chi connectivity index (χ1n) is 9.90. The number of aromatic nitrogens is 2. The van der Waals surface area contributed by atoms with Crippen molar-refractivity contribution in [3.8, 4) is 0 Å². The van der Waals surface area contributed by atoms with Gasteiger partial charge in [0.25, 0.3) is 0 Å². The molecule has 30 heavy (non-hydrogen) atoms. The van der Waals surface area contributed by atoms with Crippen molar-refractivity contribution < 1.29 is 17.5 Å². The average molecular weight is 455 g/mol. The Balaban J connectivity index is 1.88. The molecule has 0 amide bonds. The Bertz CT molecular complexity index is 972. The summed E-state index contributed by atoms with van der Waals surface area (Å²) in [5.41, 5.74) is 1.27. The zero-order valence-electron chi connectivity index (χ0n) is 17.2. The van der Waals surface area contributed by atoms with Crippen LogP contribution in [0.5, 0.6) is 0 Å². The highest BCUT2D eigenvalue weighted by Crippen LogP contribution is 2.29. The molecule has 1 aromatic carbocycles. The lowest BCUT2D eigenvalue weighted by Crippen LogP contribution is -2.41. The summed E-state index contributed by atoms with van der Waals surface area (Å²) in [5.74, 6) is -0.657. The predicted molar refractivity (Wildman–Crippen MR) is 116 cm³/mol. The van der Waals surface area contributed by atoms with E-state index >= 15 is 0 Å². The quantitative estimate of drug-likeness (QED) is 0.553. The number of benzene rings is 1. The topological polar surface area (TPSA) is 76.5 Å². The average Bonchev–Trinajstić information content (AvgIpc) is 3.46. The lowest BCUT2D eigenvalue weighted by Gasteiger charge is -2.26. The minimum atomic E-state index is -3.73. The third-order valence-electron chi connectivity index (χ3n) is 4.88. The van der Waals surface area contributed by atoms with Crippen LogP contribution in [0.15, 0.2) is 35.6 Å². The highest BCUT2D eigenvalue weighted by Gasteiger charge is 2.32. The van der Waals surface area contributed by atoms with E-state index in [1.807, 2.05) is 6.92 Å². The molecule has 0 unspecified atom stereocenters. The van der Waals surface area contributed by atoms with Gasteiger partial charge >= 0.3 is 0 Å². The van der Waals surface area contributed by atoms with Crippen LogP contribution in [0.25, 0.3) is 0 Å². The Morgan fingerprint density at radius 3 is 2.67 bits per heavy atom. The van der Waals surface area contributed by atoms with E-state index in [-0.39, 0.29) is 10.9 Å². The molecule has 3 rings (SSSR count). The van der Waals surface area contributed by atoms with Crippen molar-refractivity contribution in [2.45, 2.75) is 49.8 Å². The Hall–Kier alpha value is -2.04. The molecule has 1 aromatic heterocycles. The number of imidazole rings is 1. The summed E-state index contributed by atoms with van der Waals surface area (Å²) in [5, 5.41) is 3.83. The van der Waals surface area contributed by atoms with E-state index in [0.717, 1.165) is 25.1 Å². The van der Waals surface area contributed by atoms with Crippen LogP contribution in [0.4, 0.5) is 4.39 Å². The molecule has 0 aliphatic heterocycles. The van der Waals surface area contributed by atoms with Gasteiger partial charge in [0, 0.05) is 26.2 Å². The van der Waals surface area contributed by atoms with E-state index < -0.39 is 15.7 Å². The SMILES string of the molecule is CCNC(=S)N(Cc1cnc(S(=O)(=O)Cc2ccc(F)cc2)n1CCOC)C1CC1. The third kappa shape index (κ3) is 5.55. The minimum Gasteiger partial charge on any atom is -0.383 e. The number of nitrogens with zero attached hydrogens (tertiary/aromatic N) is 3. The molecule has 2 aromatic rings. The maximum absolute atomic E-state index is 13.2. The molecule has 1 fully saturated rings. The molecular formula is C20H27FN4O3S2. The Morgan fingerprint density at radius 2 is 2.07 bits per heavy atom. The number of thiocarbonyl (C=S) groups is 1. The van der Waals surface area contributed by atoms with E-state index in [1.54, 1.807) is 17.9 Å². The van der Waals surface area contributed by atoms with Gasteiger partial charge in [-0.1, -0.05) is 12.1 Å². The smallest absolute Gasteiger partial charge is 0.228 e. The normalized spacial score (nSPS) is 14.0. The Morgan fingerprint density at radius 1 is 1.37 bits per heavy atom. The molecule has 1 aliphatic rings. The lowest BCUT2D eigenvalue weighted by atomic mass is 10.2. The maximum atomic E-state index is 13.2. The second-order valence-electron chi connectivity index (χ2n) is 7.26. The number of hydrogen-bond acceptors (Lipinski definition) is 5. The Kier molecular flexibility index (Phi) is 7.43. The van der Waals surface area contributed by atoms with Crippen molar-refractivity contribution in [1.29, 1.82) is 0 Å². The largest absolute Gasteiger partial charge is 0.383 e. The molecule has 1 saturated carbocycles. The van der Waals surface area contributed by atoms with Crippen LogP contribution in [0.1, 0.15) is 31.0 Å². The molecule has 0 atom stereocenters.